The van der Waals surface area contributed by atoms with Gasteiger partial charge in [0.2, 0.25) is 5.91 Å². The predicted molar refractivity (Wildman–Crippen MR) is 153 cm³/mol. The highest BCUT2D eigenvalue weighted by Crippen LogP contribution is 2.30. The van der Waals surface area contributed by atoms with Crippen LogP contribution < -0.4 is 10.8 Å². The summed E-state index contributed by atoms with van der Waals surface area (Å²) in [5.41, 5.74) is 5.88. The first-order chi connectivity index (χ1) is 20.5. The number of rotatable bonds is 13. The Morgan fingerprint density at radius 2 is 1.88 bits per heavy atom. The number of benzene rings is 2. The molecule has 0 fully saturated rings. The summed E-state index contributed by atoms with van der Waals surface area (Å²) >= 11 is 0. The van der Waals surface area contributed by atoms with E-state index in [0.29, 0.717) is 18.1 Å². The zero-order chi connectivity index (χ0) is 29.3. The lowest BCUT2D eigenvalue weighted by molar-refractivity contribution is -0.129. The first-order valence-electron chi connectivity index (χ1n) is 13.8. The highest BCUT2D eigenvalue weighted by atomic mass is 16.5. The van der Waals surface area contributed by atoms with Crippen LogP contribution in [0.1, 0.15) is 53.8 Å². The number of hydrogen-bond acceptors (Lipinski definition) is 8. The van der Waals surface area contributed by atoms with Crippen molar-refractivity contribution < 1.29 is 19.2 Å². The van der Waals surface area contributed by atoms with E-state index >= 15 is 0 Å². The van der Waals surface area contributed by atoms with E-state index in [0.717, 1.165) is 47.3 Å². The van der Waals surface area contributed by atoms with Gasteiger partial charge in [0, 0.05) is 43.6 Å². The molecule has 3 heterocycles. The highest BCUT2D eigenvalue weighted by Gasteiger charge is 2.22. The Labute approximate surface area is 242 Å². The van der Waals surface area contributed by atoms with E-state index in [9.17, 15) is 9.59 Å². The van der Waals surface area contributed by atoms with Crippen molar-refractivity contribution >= 4 is 11.8 Å². The minimum atomic E-state index is -0.607. The maximum absolute atomic E-state index is 13.2. The summed E-state index contributed by atoms with van der Waals surface area (Å²) in [4.78, 5) is 29.8. The molecule has 12 nitrogen and oxygen atoms in total. The number of furan rings is 1. The largest absolute Gasteiger partial charge is 0.469 e. The second kappa shape index (κ2) is 13.5. The molecule has 216 valence electrons. The number of tetrazole rings is 1. The number of aromatic nitrogens is 6. The Bertz CT molecular complexity index is 1590. The minimum Gasteiger partial charge on any atom is -0.469 e. The van der Waals surface area contributed by atoms with Crippen LogP contribution in [-0.2, 0) is 24.2 Å². The standard InChI is InChI=1S/C30H32N8O4/c1-2-3-10-27-32-26(30(40)31-22(17-28(39)35-41)16-23-7-6-15-42-23)19-38(27)18-20-11-13-21(14-12-20)24-8-4-5-9-25(24)29-33-36-37-34-29/h4-9,11-15,19,22,41H,2-3,10,16-18H2,1H3,(H,31,40)(H,35,39)(H,33,34,36,37)/t22-/m1/s1. The van der Waals surface area contributed by atoms with Crippen LogP contribution in [0.2, 0.25) is 0 Å². The van der Waals surface area contributed by atoms with Gasteiger partial charge in [0.1, 0.15) is 17.3 Å². The molecule has 0 unspecified atom stereocenters. The Hall–Kier alpha value is -5.10. The van der Waals surface area contributed by atoms with E-state index in [4.69, 9.17) is 9.62 Å². The molecule has 0 aliphatic carbocycles. The van der Waals surface area contributed by atoms with Crippen LogP contribution in [0, 0.1) is 0 Å². The third-order valence-corrected chi connectivity index (χ3v) is 6.91. The van der Waals surface area contributed by atoms with Crippen molar-refractivity contribution in [1.82, 2.24) is 41.0 Å². The van der Waals surface area contributed by atoms with Gasteiger partial charge in [0.15, 0.2) is 5.82 Å². The highest BCUT2D eigenvalue weighted by molar-refractivity contribution is 5.92. The SMILES string of the molecule is CCCCc1nc(C(=O)N[C@@H](CC(=O)NO)Cc2ccco2)cn1Cc1ccc(-c2ccccc2-c2nnn[nH]2)cc1. The van der Waals surface area contributed by atoms with Crippen molar-refractivity contribution in [2.24, 2.45) is 0 Å². The molecule has 0 aliphatic heterocycles. The first kappa shape index (κ1) is 28.4. The number of amides is 2. The quantitative estimate of drug-likeness (QED) is 0.122. The van der Waals surface area contributed by atoms with Gasteiger partial charge < -0.3 is 14.3 Å². The molecule has 0 spiro atoms. The first-order valence-corrected chi connectivity index (χ1v) is 13.8. The van der Waals surface area contributed by atoms with Crippen LogP contribution in [-0.4, -0.2) is 53.2 Å². The van der Waals surface area contributed by atoms with E-state index in [-0.39, 0.29) is 18.5 Å². The number of aryl methyl sites for hydroxylation is 1. The molecule has 0 radical (unpaired) electrons. The molecular weight excluding hydrogens is 536 g/mol. The number of imidazole rings is 1. The topological polar surface area (TPSA) is 164 Å². The molecule has 12 heteroatoms. The monoisotopic (exact) mass is 568 g/mol. The second-order valence-corrected chi connectivity index (χ2v) is 9.96. The molecule has 0 saturated heterocycles. The molecule has 5 rings (SSSR count). The zero-order valence-electron chi connectivity index (χ0n) is 23.2. The van der Waals surface area contributed by atoms with Gasteiger partial charge in [0.25, 0.3) is 5.91 Å². The van der Waals surface area contributed by atoms with Crippen molar-refractivity contribution in [2.75, 3.05) is 0 Å². The van der Waals surface area contributed by atoms with Gasteiger partial charge in [-0.25, -0.2) is 15.6 Å². The summed E-state index contributed by atoms with van der Waals surface area (Å²) in [5, 5.41) is 26.2. The smallest absolute Gasteiger partial charge is 0.271 e. The number of H-pyrrole nitrogens is 1. The third kappa shape index (κ3) is 6.96. The van der Waals surface area contributed by atoms with Crippen LogP contribution in [0.25, 0.3) is 22.5 Å². The second-order valence-electron chi connectivity index (χ2n) is 9.96. The molecular formula is C30H32N8O4. The Balaban J connectivity index is 1.34. The van der Waals surface area contributed by atoms with Gasteiger partial charge >= 0.3 is 0 Å². The van der Waals surface area contributed by atoms with Crippen molar-refractivity contribution in [2.45, 2.75) is 51.6 Å². The fraction of sp³-hybridized carbons (Fsp3) is 0.267. The van der Waals surface area contributed by atoms with Crippen LogP contribution >= 0.6 is 0 Å². The summed E-state index contributed by atoms with van der Waals surface area (Å²) in [5.74, 6) is 1.02. The zero-order valence-corrected chi connectivity index (χ0v) is 23.2. The molecule has 2 amide bonds. The van der Waals surface area contributed by atoms with Crippen molar-refractivity contribution in [1.29, 1.82) is 0 Å². The van der Waals surface area contributed by atoms with Crippen LogP contribution in [0.15, 0.2) is 77.5 Å². The predicted octanol–water partition coefficient (Wildman–Crippen LogP) is 3.95. The number of hydrogen-bond donors (Lipinski definition) is 4. The average molecular weight is 569 g/mol. The number of nitrogens with one attached hydrogen (secondary N) is 3. The molecule has 42 heavy (non-hydrogen) atoms. The van der Waals surface area contributed by atoms with Gasteiger partial charge in [-0.3, -0.25) is 14.8 Å². The molecule has 0 aliphatic rings. The molecule has 4 N–H and O–H groups in total. The van der Waals surface area contributed by atoms with Crippen LogP contribution in [0.3, 0.4) is 0 Å². The van der Waals surface area contributed by atoms with Gasteiger partial charge in [-0.15, -0.1) is 5.10 Å². The average Bonchev–Trinajstić information content (AvgIpc) is 3.80. The van der Waals surface area contributed by atoms with Crippen molar-refractivity contribution in [3.05, 3.63) is 96.0 Å². The van der Waals surface area contributed by atoms with E-state index in [1.54, 1.807) is 23.8 Å². The normalized spacial score (nSPS) is 11.8. The lowest BCUT2D eigenvalue weighted by Gasteiger charge is -2.16. The molecule has 0 saturated carbocycles. The Kier molecular flexibility index (Phi) is 9.14. The maximum Gasteiger partial charge on any atom is 0.271 e. The van der Waals surface area contributed by atoms with E-state index in [2.05, 4.69) is 62.1 Å². The fourth-order valence-corrected chi connectivity index (χ4v) is 4.81. The number of hydroxylamine groups is 1. The number of unbranched alkanes of at least 4 members (excludes halogenated alkanes) is 1. The summed E-state index contributed by atoms with van der Waals surface area (Å²) in [6.07, 6.45) is 6.10. The molecule has 2 aromatic carbocycles. The maximum atomic E-state index is 13.2. The summed E-state index contributed by atoms with van der Waals surface area (Å²) in [7, 11) is 0. The van der Waals surface area contributed by atoms with E-state index in [1.165, 1.54) is 6.26 Å². The molecule has 3 aromatic heterocycles. The molecule has 5 aromatic rings. The van der Waals surface area contributed by atoms with Crippen LogP contribution in [0.4, 0.5) is 0 Å². The van der Waals surface area contributed by atoms with E-state index in [1.807, 2.05) is 28.8 Å². The summed E-state index contributed by atoms with van der Waals surface area (Å²) in [6.45, 7) is 2.65. The third-order valence-electron chi connectivity index (χ3n) is 6.91. The molecule has 0 bridgehead atoms. The van der Waals surface area contributed by atoms with Crippen molar-refractivity contribution in [3.8, 4) is 22.5 Å². The lowest BCUT2D eigenvalue weighted by atomic mass is 9.98. The van der Waals surface area contributed by atoms with Gasteiger partial charge in [-0.05, 0) is 45.7 Å². The Morgan fingerprint density at radius 1 is 1.07 bits per heavy atom. The summed E-state index contributed by atoms with van der Waals surface area (Å²) < 4.78 is 7.38. The molecule has 1 atom stereocenters. The Morgan fingerprint density at radius 3 is 2.57 bits per heavy atom. The minimum absolute atomic E-state index is 0.116. The van der Waals surface area contributed by atoms with Crippen LogP contribution in [0.5, 0.6) is 0 Å². The van der Waals surface area contributed by atoms with E-state index < -0.39 is 17.9 Å². The fourth-order valence-electron chi connectivity index (χ4n) is 4.81. The number of carbonyl (C=O) groups is 2. The lowest BCUT2D eigenvalue weighted by Crippen LogP contribution is -2.40. The van der Waals surface area contributed by atoms with Gasteiger partial charge in [-0.1, -0.05) is 61.9 Å². The summed E-state index contributed by atoms with van der Waals surface area (Å²) in [6, 6.07) is 19.1. The number of aromatic amines is 1. The van der Waals surface area contributed by atoms with Gasteiger partial charge in [-0.2, -0.15) is 0 Å². The van der Waals surface area contributed by atoms with Gasteiger partial charge in [0.05, 0.1) is 6.26 Å². The van der Waals surface area contributed by atoms with Crippen molar-refractivity contribution in [3.63, 3.8) is 0 Å². The number of nitrogens with zero attached hydrogens (tertiary/aromatic N) is 5. The number of carbonyl (C=O) groups excluding carboxylic acids is 2.